The Hall–Kier alpha value is -2.42. The lowest BCUT2D eigenvalue weighted by atomic mass is 10.3. The minimum absolute atomic E-state index is 0.0379. The van der Waals surface area contributed by atoms with Gasteiger partial charge in [0.05, 0.1) is 18.1 Å². The highest BCUT2D eigenvalue weighted by Gasteiger charge is 2.12. The van der Waals surface area contributed by atoms with Crippen LogP contribution in [0.15, 0.2) is 36.7 Å². The summed E-state index contributed by atoms with van der Waals surface area (Å²) in [7, 11) is -3.60. The third-order valence-electron chi connectivity index (χ3n) is 2.26. The normalized spacial score (nSPS) is 11.0. The van der Waals surface area contributed by atoms with Gasteiger partial charge in [0, 0.05) is 0 Å². The summed E-state index contributed by atoms with van der Waals surface area (Å²) in [6.45, 7) is -0.0379. The quantitative estimate of drug-likeness (QED) is 0.734. The second kappa shape index (κ2) is 6.15. The van der Waals surface area contributed by atoms with Gasteiger partial charge in [0.1, 0.15) is 18.1 Å². The summed E-state index contributed by atoms with van der Waals surface area (Å²) in [4.78, 5) is 3.72. The summed E-state index contributed by atoms with van der Waals surface area (Å²) in [6, 6.07) is 6.85. The molecular weight excluding hydrogens is 282 g/mol. The molecule has 1 aromatic heterocycles. The molecule has 0 saturated heterocycles. The standard InChI is InChI=1S/C11H13N5O3S/c12-9-3-1-2-4-10(9)19-7-8-20(17,18)16-11-13-5-6-14-15-11/h1-6H,7-8,12H2,(H,13,15,16). The smallest absolute Gasteiger partial charge is 0.256 e. The molecule has 0 unspecified atom stereocenters. The number of nitrogens with zero attached hydrogens (tertiary/aromatic N) is 3. The molecule has 0 saturated carbocycles. The van der Waals surface area contributed by atoms with Gasteiger partial charge in [0.15, 0.2) is 0 Å². The van der Waals surface area contributed by atoms with Gasteiger partial charge in [-0.2, -0.15) is 5.10 Å². The van der Waals surface area contributed by atoms with Crippen LogP contribution in [0.3, 0.4) is 0 Å². The fourth-order valence-electron chi connectivity index (χ4n) is 1.36. The van der Waals surface area contributed by atoms with Gasteiger partial charge in [-0.05, 0) is 12.1 Å². The number of aromatic nitrogens is 3. The second-order valence-corrected chi connectivity index (χ2v) is 5.62. The van der Waals surface area contributed by atoms with Crippen LogP contribution in [0.4, 0.5) is 11.6 Å². The highest BCUT2D eigenvalue weighted by atomic mass is 32.2. The number of sulfonamides is 1. The van der Waals surface area contributed by atoms with Crippen LogP contribution < -0.4 is 15.2 Å². The summed E-state index contributed by atoms with van der Waals surface area (Å²) >= 11 is 0. The zero-order chi connectivity index (χ0) is 14.4. The third kappa shape index (κ3) is 4.05. The molecule has 20 heavy (non-hydrogen) atoms. The number of rotatable bonds is 6. The molecule has 0 aliphatic heterocycles. The monoisotopic (exact) mass is 295 g/mol. The highest BCUT2D eigenvalue weighted by Crippen LogP contribution is 2.19. The average molecular weight is 295 g/mol. The summed E-state index contributed by atoms with van der Waals surface area (Å²) in [6.07, 6.45) is 2.69. The number of hydrogen-bond donors (Lipinski definition) is 2. The van der Waals surface area contributed by atoms with E-state index in [9.17, 15) is 8.42 Å². The van der Waals surface area contributed by atoms with E-state index in [1.54, 1.807) is 24.3 Å². The van der Waals surface area contributed by atoms with Gasteiger partial charge in [-0.3, -0.25) is 0 Å². The van der Waals surface area contributed by atoms with Gasteiger partial charge < -0.3 is 10.5 Å². The zero-order valence-electron chi connectivity index (χ0n) is 10.4. The van der Waals surface area contributed by atoms with E-state index in [-0.39, 0.29) is 18.3 Å². The van der Waals surface area contributed by atoms with E-state index in [0.29, 0.717) is 11.4 Å². The van der Waals surface area contributed by atoms with Crippen LogP contribution in [0, 0.1) is 0 Å². The van der Waals surface area contributed by atoms with Crippen molar-refractivity contribution >= 4 is 21.7 Å². The predicted octanol–water partition coefficient (Wildman–Crippen LogP) is 0.274. The summed E-state index contributed by atoms with van der Waals surface area (Å²) < 4.78 is 31.0. The number of nitrogen functional groups attached to an aromatic ring is 1. The Labute approximate surface area is 116 Å². The van der Waals surface area contributed by atoms with E-state index < -0.39 is 10.0 Å². The van der Waals surface area contributed by atoms with Crippen LogP contribution in [0.1, 0.15) is 0 Å². The van der Waals surface area contributed by atoms with Crippen LogP contribution in [0.2, 0.25) is 0 Å². The molecule has 9 heteroatoms. The molecule has 0 aliphatic carbocycles. The maximum atomic E-state index is 11.7. The summed E-state index contributed by atoms with van der Waals surface area (Å²) in [5, 5.41) is 7.05. The lowest BCUT2D eigenvalue weighted by Gasteiger charge is -2.09. The lowest BCUT2D eigenvalue weighted by molar-refractivity contribution is 0.343. The van der Waals surface area contributed by atoms with Gasteiger partial charge in [-0.15, -0.1) is 5.10 Å². The van der Waals surface area contributed by atoms with Crippen LogP contribution in [-0.2, 0) is 10.0 Å². The van der Waals surface area contributed by atoms with Crippen molar-refractivity contribution in [3.8, 4) is 5.75 Å². The van der Waals surface area contributed by atoms with Gasteiger partial charge in [0.2, 0.25) is 10.0 Å². The molecule has 2 rings (SSSR count). The molecule has 0 radical (unpaired) electrons. The molecule has 0 amide bonds. The first-order valence-corrected chi connectivity index (χ1v) is 7.33. The van der Waals surface area contributed by atoms with E-state index in [1.165, 1.54) is 12.4 Å². The Balaban J connectivity index is 1.89. The average Bonchev–Trinajstić information content (AvgIpc) is 2.41. The minimum Gasteiger partial charge on any atom is -0.490 e. The summed E-state index contributed by atoms with van der Waals surface area (Å²) in [5.41, 5.74) is 6.13. The van der Waals surface area contributed by atoms with Crippen molar-refractivity contribution in [2.45, 2.75) is 0 Å². The number of nitrogens with one attached hydrogen (secondary N) is 1. The highest BCUT2D eigenvalue weighted by molar-refractivity contribution is 7.92. The molecule has 8 nitrogen and oxygen atoms in total. The SMILES string of the molecule is Nc1ccccc1OCCS(=O)(=O)Nc1nccnn1. The molecule has 0 bridgehead atoms. The van der Waals surface area contributed by atoms with Crippen LogP contribution in [0.5, 0.6) is 5.75 Å². The molecule has 0 aliphatic rings. The van der Waals surface area contributed by atoms with Crippen molar-refractivity contribution in [3.05, 3.63) is 36.7 Å². The topological polar surface area (TPSA) is 120 Å². The largest absolute Gasteiger partial charge is 0.490 e. The molecule has 2 aromatic rings. The number of benzene rings is 1. The van der Waals surface area contributed by atoms with E-state index in [2.05, 4.69) is 19.9 Å². The van der Waals surface area contributed by atoms with E-state index in [4.69, 9.17) is 10.5 Å². The predicted molar refractivity (Wildman–Crippen MR) is 73.6 cm³/mol. The van der Waals surface area contributed by atoms with Crippen molar-refractivity contribution in [1.29, 1.82) is 0 Å². The van der Waals surface area contributed by atoms with Gasteiger partial charge in [-0.25, -0.2) is 18.1 Å². The molecule has 0 fully saturated rings. The van der Waals surface area contributed by atoms with Gasteiger partial charge in [0.25, 0.3) is 5.95 Å². The first kappa shape index (κ1) is 14.0. The van der Waals surface area contributed by atoms with Crippen molar-refractivity contribution < 1.29 is 13.2 Å². The Kier molecular flexibility index (Phi) is 4.31. The maximum Gasteiger partial charge on any atom is 0.256 e. The lowest BCUT2D eigenvalue weighted by Crippen LogP contribution is -2.22. The third-order valence-corrected chi connectivity index (χ3v) is 3.46. The van der Waals surface area contributed by atoms with Gasteiger partial charge >= 0.3 is 0 Å². The molecule has 1 heterocycles. The Bertz CT molecular complexity index is 663. The number of para-hydroxylation sites is 2. The summed E-state index contributed by atoms with van der Waals surface area (Å²) in [5.74, 6) is 0.117. The zero-order valence-corrected chi connectivity index (χ0v) is 11.2. The first-order valence-electron chi connectivity index (χ1n) is 5.68. The number of hydrogen-bond acceptors (Lipinski definition) is 7. The Morgan fingerprint density at radius 3 is 2.75 bits per heavy atom. The number of ether oxygens (including phenoxy) is 1. The molecule has 0 spiro atoms. The molecule has 1 aromatic carbocycles. The number of anilines is 2. The van der Waals surface area contributed by atoms with Crippen molar-refractivity contribution in [1.82, 2.24) is 15.2 Å². The van der Waals surface area contributed by atoms with Gasteiger partial charge in [-0.1, -0.05) is 12.1 Å². The molecule has 3 N–H and O–H groups in total. The molecular formula is C11H13N5O3S. The fraction of sp³-hybridized carbons (Fsp3) is 0.182. The van der Waals surface area contributed by atoms with Crippen LogP contribution >= 0.6 is 0 Å². The van der Waals surface area contributed by atoms with E-state index in [1.807, 2.05) is 0 Å². The fourth-order valence-corrected chi connectivity index (χ4v) is 2.13. The molecule has 106 valence electrons. The van der Waals surface area contributed by atoms with Crippen LogP contribution in [0.25, 0.3) is 0 Å². The van der Waals surface area contributed by atoms with E-state index >= 15 is 0 Å². The van der Waals surface area contributed by atoms with Crippen molar-refractivity contribution in [3.63, 3.8) is 0 Å². The van der Waals surface area contributed by atoms with Crippen molar-refractivity contribution in [2.24, 2.45) is 0 Å². The van der Waals surface area contributed by atoms with E-state index in [0.717, 1.165) is 0 Å². The second-order valence-electron chi connectivity index (χ2n) is 3.77. The first-order chi connectivity index (χ1) is 9.57. The maximum absolute atomic E-state index is 11.7. The van der Waals surface area contributed by atoms with Crippen molar-refractivity contribution in [2.75, 3.05) is 22.8 Å². The Morgan fingerprint density at radius 1 is 1.25 bits per heavy atom. The Morgan fingerprint density at radius 2 is 2.05 bits per heavy atom. The van der Waals surface area contributed by atoms with Crippen LogP contribution in [-0.4, -0.2) is 36.0 Å². The number of nitrogens with two attached hydrogens (primary N) is 1. The molecule has 0 atom stereocenters. The minimum atomic E-state index is -3.60.